The van der Waals surface area contributed by atoms with Crippen molar-refractivity contribution in [2.24, 2.45) is 0 Å². The molecule has 3 rings (SSSR count). The van der Waals surface area contributed by atoms with Gasteiger partial charge in [-0.15, -0.1) is 11.3 Å². The fourth-order valence-corrected chi connectivity index (χ4v) is 3.82. The Kier molecular flexibility index (Phi) is 5.43. The zero-order valence-electron chi connectivity index (χ0n) is 14.9. The third kappa shape index (κ3) is 4.04. The van der Waals surface area contributed by atoms with Crippen molar-refractivity contribution >= 4 is 29.0 Å². The van der Waals surface area contributed by atoms with Crippen LogP contribution in [0.3, 0.4) is 0 Å². The van der Waals surface area contributed by atoms with Gasteiger partial charge in [0.25, 0.3) is 0 Å². The number of para-hydroxylation sites is 2. The van der Waals surface area contributed by atoms with E-state index in [2.05, 4.69) is 30.9 Å². The van der Waals surface area contributed by atoms with Crippen molar-refractivity contribution in [3.8, 4) is 5.75 Å². The average molecular weight is 356 g/mol. The number of rotatable bonds is 5. The molecule has 0 saturated heterocycles. The number of nitrogens with zero attached hydrogens (tertiary/aromatic N) is 2. The van der Waals surface area contributed by atoms with E-state index in [1.807, 2.05) is 36.7 Å². The van der Waals surface area contributed by atoms with Crippen molar-refractivity contribution in [1.82, 2.24) is 4.90 Å². The lowest BCUT2D eigenvalue weighted by Crippen LogP contribution is -2.46. The van der Waals surface area contributed by atoms with Gasteiger partial charge in [-0.2, -0.15) is 0 Å². The van der Waals surface area contributed by atoms with E-state index < -0.39 is 0 Å². The Morgan fingerprint density at radius 1 is 1.40 bits per heavy atom. The molecule has 2 aromatic rings. The molecular weight excluding hydrogens is 332 g/mol. The molecule has 1 aromatic carbocycles. The van der Waals surface area contributed by atoms with E-state index in [0.29, 0.717) is 6.54 Å². The number of thiophene rings is 1. The Morgan fingerprint density at radius 3 is 2.92 bits per heavy atom. The minimum absolute atomic E-state index is 0.00157. The summed E-state index contributed by atoms with van der Waals surface area (Å²) in [5.74, 6) is 0.893. The van der Waals surface area contributed by atoms with Gasteiger partial charge < -0.3 is 14.5 Å². The first-order chi connectivity index (χ1) is 12.1. The zero-order chi connectivity index (χ0) is 17.8. The van der Waals surface area contributed by atoms with Crippen LogP contribution in [0.2, 0.25) is 0 Å². The molecule has 1 aromatic heterocycles. The highest BCUT2D eigenvalue weighted by molar-refractivity contribution is 7.11. The van der Waals surface area contributed by atoms with E-state index in [-0.39, 0.29) is 12.0 Å². The van der Waals surface area contributed by atoms with Gasteiger partial charge in [-0.1, -0.05) is 12.1 Å². The molecule has 0 saturated carbocycles. The number of carbonyl (C=O) groups excluding carboxylic acids is 1. The maximum absolute atomic E-state index is 12.4. The fraction of sp³-hybridized carbons (Fsp3) is 0.350. The lowest BCUT2D eigenvalue weighted by Gasteiger charge is -2.37. The van der Waals surface area contributed by atoms with E-state index in [4.69, 9.17) is 4.74 Å². The molecule has 25 heavy (non-hydrogen) atoms. The summed E-state index contributed by atoms with van der Waals surface area (Å²) in [5, 5.41) is 2.04. The van der Waals surface area contributed by atoms with Gasteiger partial charge in [0.1, 0.15) is 11.9 Å². The Balaban J connectivity index is 1.63. The number of fused-ring (bicyclic) bond motifs is 1. The van der Waals surface area contributed by atoms with E-state index in [1.165, 1.54) is 5.56 Å². The molecule has 0 N–H and O–H groups in total. The molecule has 4 nitrogen and oxygen atoms in total. The molecule has 132 valence electrons. The number of aryl methyl sites for hydroxylation is 1. The van der Waals surface area contributed by atoms with E-state index in [9.17, 15) is 4.79 Å². The van der Waals surface area contributed by atoms with E-state index in [1.54, 1.807) is 22.3 Å². The number of carbonyl (C=O) groups is 1. The lowest BCUT2D eigenvalue weighted by atomic mass is 10.2. The minimum Gasteiger partial charge on any atom is -0.485 e. The topological polar surface area (TPSA) is 32.8 Å². The monoisotopic (exact) mass is 356 g/mol. The summed E-state index contributed by atoms with van der Waals surface area (Å²) in [7, 11) is 1.83. The van der Waals surface area contributed by atoms with E-state index >= 15 is 0 Å². The zero-order valence-corrected chi connectivity index (χ0v) is 15.8. The van der Waals surface area contributed by atoms with Crippen LogP contribution in [-0.2, 0) is 4.79 Å². The van der Waals surface area contributed by atoms with Crippen LogP contribution in [-0.4, -0.2) is 43.6 Å². The van der Waals surface area contributed by atoms with Gasteiger partial charge in [-0.25, -0.2) is 0 Å². The number of likely N-dealkylation sites (N-methyl/N-ethyl adjacent to an activating group) is 2. The SMILES string of the molecule is CCN1C[C@H](CN(C)C(=O)/C=C/c2sccc2C)Oc2ccccc21. The van der Waals surface area contributed by atoms with Crippen LogP contribution in [0.4, 0.5) is 5.69 Å². The van der Waals surface area contributed by atoms with Gasteiger partial charge in [-0.05, 0) is 49.1 Å². The van der Waals surface area contributed by atoms with Gasteiger partial charge in [0, 0.05) is 24.5 Å². The van der Waals surface area contributed by atoms with Crippen LogP contribution in [0.25, 0.3) is 6.08 Å². The second-order valence-electron chi connectivity index (χ2n) is 6.27. The Bertz CT molecular complexity index is 769. The fourth-order valence-electron chi connectivity index (χ4n) is 3.00. The quantitative estimate of drug-likeness (QED) is 0.764. The number of hydrogen-bond donors (Lipinski definition) is 0. The second-order valence-corrected chi connectivity index (χ2v) is 7.21. The number of anilines is 1. The Morgan fingerprint density at radius 2 is 2.20 bits per heavy atom. The van der Waals surface area contributed by atoms with Crippen molar-refractivity contribution in [1.29, 1.82) is 0 Å². The summed E-state index contributed by atoms with van der Waals surface area (Å²) >= 11 is 1.65. The number of amides is 1. The molecule has 1 aliphatic heterocycles. The molecule has 1 atom stereocenters. The van der Waals surface area contributed by atoms with Crippen molar-refractivity contribution in [2.75, 3.05) is 31.6 Å². The highest BCUT2D eigenvalue weighted by Crippen LogP contribution is 2.32. The third-order valence-electron chi connectivity index (χ3n) is 4.44. The number of hydrogen-bond acceptors (Lipinski definition) is 4. The molecule has 0 spiro atoms. The Labute approximate surface area is 153 Å². The number of ether oxygens (including phenoxy) is 1. The van der Waals surface area contributed by atoms with Crippen LogP contribution in [0.5, 0.6) is 5.75 Å². The van der Waals surface area contributed by atoms with Crippen LogP contribution in [0, 0.1) is 6.92 Å². The molecule has 1 aliphatic rings. The predicted molar refractivity (Wildman–Crippen MR) is 104 cm³/mol. The summed E-state index contributed by atoms with van der Waals surface area (Å²) in [6, 6.07) is 10.1. The molecule has 0 bridgehead atoms. The third-order valence-corrected chi connectivity index (χ3v) is 5.42. The minimum atomic E-state index is -0.0272. The maximum atomic E-state index is 12.4. The van der Waals surface area contributed by atoms with Crippen LogP contribution in [0.15, 0.2) is 41.8 Å². The molecule has 0 fully saturated rings. The molecule has 0 radical (unpaired) electrons. The summed E-state index contributed by atoms with van der Waals surface area (Å²) in [6.07, 6.45) is 3.52. The van der Waals surface area contributed by atoms with Crippen molar-refractivity contribution < 1.29 is 9.53 Å². The molecular formula is C20H24N2O2S. The summed E-state index contributed by atoms with van der Waals surface area (Å²) in [4.78, 5) is 17.5. The summed E-state index contributed by atoms with van der Waals surface area (Å²) < 4.78 is 6.10. The summed E-state index contributed by atoms with van der Waals surface area (Å²) in [5.41, 5.74) is 2.32. The molecule has 5 heteroatoms. The molecule has 2 heterocycles. The standard InChI is InChI=1S/C20H24N2O2S/c1-4-22-14-16(24-18-8-6-5-7-17(18)22)13-21(3)20(23)10-9-19-15(2)11-12-25-19/h5-12,16H,4,13-14H2,1-3H3/b10-9+/t16-/m0/s1. The predicted octanol–water partition coefficient (Wildman–Crippen LogP) is 3.82. The van der Waals surface area contributed by atoms with Gasteiger partial charge in [0.05, 0.1) is 18.8 Å². The largest absolute Gasteiger partial charge is 0.485 e. The second kappa shape index (κ2) is 7.74. The van der Waals surface area contributed by atoms with Crippen molar-refractivity contribution in [3.05, 3.63) is 52.2 Å². The van der Waals surface area contributed by atoms with E-state index in [0.717, 1.165) is 29.4 Å². The van der Waals surface area contributed by atoms with Crippen LogP contribution >= 0.6 is 11.3 Å². The van der Waals surface area contributed by atoms with Crippen molar-refractivity contribution in [2.45, 2.75) is 20.0 Å². The first-order valence-electron chi connectivity index (χ1n) is 8.56. The average Bonchev–Trinajstić information content (AvgIpc) is 3.03. The smallest absolute Gasteiger partial charge is 0.246 e. The maximum Gasteiger partial charge on any atom is 0.246 e. The molecule has 1 amide bonds. The lowest BCUT2D eigenvalue weighted by molar-refractivity contribution is -0.125. The highest BCUT2D eigenvalue weighted by Gasteiger charge is 2.26. The molecule has 0 unspecified atom stereocenters. The summed E-state index contributed by atoms with van der Waals surface area (Å²) in [6.45, 7) is 6.47. The Hall–Kier alpha value is -2.27. The molecule has 0 aliphatic carbocycles. The normalized spacial score (nSPS) is 16.6. The van der Waals surface area contributed by atoms with Gasteiger partial charge in [0.15, 0.2) is 0 Å². The van der Waals surface area contributed by atoms with Crippen LogP contribution < -0.4 is 9.64 Å². The van der Waals surface area contributed by atoms with Gasteiger partial charge in [-0.3, -0.25) is 4.79 Å². The van der Waals surface area contributed by atoms with Gasteiger partial charge in [0.2, 0.25) is 5.91 Å². The number of benzene rings is 1. The van der Waals surface area contributed by atoms with Crippen molar-refractivity contribution in [3.63, 3.8) is 0 Å². The van der Waals surface area contributed by atoms with Crippen LogP contribution in [0.1, 0.15) is 17.4 Å². The first kappa shape index (κ1) is 17.5. The van der Waals surface area contributed by atoms with Gasteiger partial charge >= 0.3 is 0 Å². The highest BCUT2D eigenvalue weighted by atomic mass is 32.1. The first-order valence-corrected chi connectivity index (χ1v) is 9.44.